The van der Waals surface area contributed by atoms with Crippen LogP contribution in [-0.2, 0) is 4.74 Å². The zero-order valence-corrected chi connectivity index (χ0v) is 14.9. The maximum atomic E-state index is 12.0. The van der Waals surface area contributed by atoms with Crippen LogP contribution in [0.25, 0.3) is 0 Å². The van der Waals surface area contributed by atoms with Crippen molar-refractivity contribution in [2.75, 3.05) is 13.1 Å². The quantitative estimate of drug-likeness (QED) is 0.704. The van der Waals surface area contributed by atoms with E-state index in [1.165, 1.54) is 25.7 Å². The van der Waals surface area contributed by atoms with E-state index in [-0.39, 0.29) is 12.1 Å². The molecule has 0 spiro atoms. The number of hydrogen-bond donors (Lipinski definition) is 3. The fraction of sp³-hybridized carbons (Fsp3) is 0.941. The van der Waals surface area contributed by atoms with Crippen molar-refractivity contribution in [2.45, 2.75) is 78.0 Å². The molecule has 5 heteroatoms. The van der Waals surface area contributed by atoms with E-state index in [1.54, 1.807) is 0 Å². The molecule has 1 saturated carbocycles. The Kier molecular flexibility index (Phi) is 7.63. The molecule has 130 valence electrons. The molecule has 1 amide bonds. The summed E-state index contributed by atoms with van der Waals surface area (Å²) in [5.41, 5.74) is 5.41. The molecule has 0 saturated heterocycles. The lowest BCUT2D eigenvalue weighted by molar-refractivity contribution is 0.0487. The normalized spacial score (nSPS) is 24.1. The van der Waals surface area contributed by atoms with Gasteiger partial charge in [-0.1, -0.05) is 26.7 Å². The van der Waals surface area contributed by atoms with E-state index in [2.05, 4.69) is 24.5 Å². The van der Waals surface area contributed by atoms with E-state index in [1.807, 2.05) is 20.8 Å². The van der Waals surface area contributed by atoms with E-state index < -0.39 is 5.60 Å². The van der Waals surface area contributed by atoms with Crippen molar-refractivity contribution in [3.63, 3.8) is 0 Å². The first-order valence-corrected chi connectivity index (χ1v) is 8.66. The minimum Gasteiger partial charge on any atom is -0.444 e. The van der Waals surface area contributed by atoms with Gasteiger partial charge in [0, 0.05) is 18.6 Å². The van der Waals surface area contributed by atoms with E-state index in [0.29, 0.717) is 17.9 Å². The van der Waals surface area contributed by atoms with Crippen LogP contribution in [0.4, 0.5) is 4.79 Å². The first-order valence-electron chi connectivity index (χ1n) is 8.66. The highest BCUT2D eigenvalue weighted by atomic mass is 16.6. The van der Waals surface area contributed by atoms with Gasteiger partial charge in [-0.25, -0.2) is 4.79 Å². The smallest absolute Gasteiger partial charge is 0.407 e. The summed E-state index contributed by atoms with van der Waals surface area (Å²) in [5.74, 6) is 0.906. The Morgan fingerprint density at radius 1 is 1.27 bits per heavy atom. The zero-order valence-electron chi connectivity index (χ0n) is 14.9. The molecule has 0 heterocycles. The number of hydrogen-bond acceptors (Lipinski definition) is 4. The van der Waals surface area contributed by atoms with Crippen molar-refractivity contribution >= 4 is 6.09 Å². The third-order valence-corrected chi connectivity index (χ3v) is 4.32. The topological polar surface area (TPSA) is 76.4 Å². The van der Waals surface area contributed by atoms with Crippen LogP contribution in [0.15, 0.2) is 0 Å². The molecule has 3 unspecified atom stereocenters. The molecule has 4 N–H and O–H groups in total. The van der Waals surface area contributed by atoms with Crippen LogP contribution in [0.2, 0.25) is 0 Å². The summed E-state index contributed by atoms with van der Waals surface area (Å²) in [6, 6.07) is 0.538. The highest BCUT2D eigenvalue weighted by molar-refractivity contribution is 5.68. The van der Waals surface area contributed by atoms with E-state index >= 15 is 0 Å². The third-order valence-electron chi connectivity index (χ3n) is 4.32. The number of nitrogens with one attached hydrogen (secondary N) is 2. The molecule has 0 aromatic rings. The third kappa shape index (κ3) is 6.97. The van der Waals surface area contributed by atoms with Gasteiger partial charge in [0.25, 0.3) is 0 Å². The fourth-order valence-corrected chi connectivity index (χ4v) is 2.95. The minimum absolute atomic E-state index is 0.0650. The number of amides is 1. The molecule has 1 rings (SSSR count). The maximum Gasteiger partial charge on any atom is 0.407 e. The molecular weight excluding hydrogens is 278 g/mol. The fourth-order valence-electron chi connectivity index (χ4n) is 2.95. The first kappa shape index (κ1) is 19.2. The molecule has 5 nitrogen and oxygen atoms in total. The van der Waals surface area contributed by atoms with Crippen molar-refractivity contribution in [1.29, 1.82) is 0 Å². The van der Waals surface area contributed by atoms with Crippen molar-refractivity contribution in [2.24, 2.45) is 17.6 Å². The molecule has 1 aliphatic rings. The lowest BCUT2D eigenvalue weighted by atomic mass is 9.84. The lowest BCUT2D eigenvalue weighted by Gasteiger charge is -2.34. The molecule has 0 radical (unpaired) electrons. The number of rotatable bonds is 6. The summed E-state index contributed by atoms with van der Waals surface area (Å²) in [7, 11) is 0. The van der Waals surface area contributed by atoms with Crippen molar-refractivity contribution in [3.8, 4) is 0 Å². The van der Waals surface area contributed by atoms with Crippen LogP contribution in [0.1, 0.15) is 60.3 Å². The Hall–Kier alpha value is -0.810. The van der Waals surface area contributed by atoms with Gasteiger partial charge in [0.05, 0.1) is 0 Å². The second-order valence-electron chi connectivity index (χ2n) is 7.79. The molecule has 3 atom stereocenters. The van der Waals surface area contributed by atoms with Crippen molar-refractivity contribution in [3.05, 3.63) is 0 Å². The first-order chi connectivity index (χ1) is 10.2. The van der Waals surface area contributed by atoms with Gasteiger partial charge in [-0.05, 0) is 52.0 Å². The number of ether oxygens (including phenoxy) is 1. The summed E-state index contributed by atoms with van der Waals surface area (Å²) >= 11 is 0. The SMILES string of the molecule is CC(C)C(CNC1CCCCC1CN)NC(=O)OC(C)(C)C. The largest absolute Gasteiger partial charge is 0.444 e. The van der Waals surface area contributed by atoms with Crippen LogP contribution >= 0.6 is 0 Å². The van der Waals surface area contributed by atoms with Crippen LogP contribution in [0.5, 0.6) is 0 Å². The molecular formula is C17H35N3O2. The predicted octanol–water partition coefficient (Wildman–Crippen LogP) is 2.64. The molecule has 0 aromatic heterocycles. The molecule has 1 fully saturated rings. The molecule has 1 aliphatic carbocycles. The summed E-state index contributed by atoms with van der Waals surface area (Å²) in [5, 5.41) is 6.61. The average Bonchev–Trinajstić information content (AvgIpc) is 2.41. The Morgan fingerprint density at radius 2 is 1.91 bits per heavy atom. The molecule has 0 aromatic carbocycles. The van der Waals surface area contributed by atoms with Crippen LogP contribution in [-0.4, -0.2) is 36.9 Å². The Balaban J connectivity index is 2.48. The zero-order chi connectivity index (χ0) is 16.8. The number of carbonyl (C=O) groups is 1. The summed E-state index contributed by atoms with van der Waals surface area (Å²) in [6.45, 7) is 11.4. The monoisotopic (exact) mass is 313 g/mol. The van der Waals surface area contributed by atoms with Gasteiger partial charge in [-0.2, -0.15) is 0 Å². The van der Waals surface area contributed by atoms with Crippen LogP contribution in [0, 0.1) is 11.8 Å². The number of carbonyl (C=O) groups excluding carboxylic acids is 1. The minimum atomic E-state index is -0.465. The highest BCUT2D eigenvalue weighted by Gasteiger charge is 2.26. The summed E-state index contributed by atoms with van der Waals surface area (Å²) in [4.78, 5) is 12.0. The van der Waals surface area contributed by atoms with Crippen LogP contribution in [0.3, 0.4) is 0 Å². The van der Waals surface area contributed by atoms with Crippen molar-refractivity contribution in [1.82, 2.24) is 10.6 Å². The standard InChI is InChI=1S/C17H35N3O2/c1-12(2)15(20-16(21)22-17(3,4)5)11-19-14-9-7-6-8-13(14)10-18/h12-15,19H,6-11,18H2,1-5H3,(H,20,21). The van der Waals surface area contributed by atoms with Gasteiger partial charge in [0.1, 0.15) is 5.60 Å². The van der Waals surface area contributed by atoms with Gasteiger partial charge < -0.3 is 21.1 Å². The Morgan fingerprint density at radius 3 is 2.45 bits per heavy atom. The molecule has 22 heavy (non-hydrogen) atoms. The van der Waals surface area contributed by atoms with Crippen LogP contribution < -0.4 is 16.4 Å². The molecule has 0 bridgehead atoms. The van der Waals surface area contributed by atoms with Gasteiger partial charge in [-0.3, -0.25) is 0 Å². The van der Waals surface area contributed by atoms with E-state index in [4.69, 9.17) is 10.5 Å². The molecule has 0 aliphatic heterocycles. The summed E-state index contributed by atoms with van der Waals surface area (Å²) in [6.07, 6.45) is 4.59. The van der Waals surface area contributed by atoms with E-state index in [9.17, 15) is 4.79 Å². The second-order valence-corrected chi connectivity index (χ2v) is 7.79. The summed E-state index contributed by atoms with van der Waals surface area (Å²) < 4.78 is 5.35. The Labute approximate surface area is 135 Å². The van der Waals surface area contributed by atoms with Gasteiger partial charge in [0.15, 0.2) is 0 Å². The number of nitrogens with two attached hydrogens (primary N) is 1. The average molecular weight is 313 g/mol. The lowest BCUT2D eigenvalue weighted by Crippen LogP contribution is -2.51. The highest BCUT2D eigenvalue weighted by Crippen LogP contribution is 2.23. The van der Waals surface area contributed by atoms with Gasteiger partial charge in [0.2, 0.25) is 0 Å². The predicted molar refractivity (Wildman–Crippen MR) is 90.8 cm³/mol. The van der Waals surface area contributed by atoms with Crippen molar-refractivity contribution < 1.29 is 9.53 Å². The van der Waals surface area contributed by atoms with Gasteiger partial charge >= 0.3 is 6.09 Å². The van der Waals surface area contributed by atoms with E-state index in [0.717, 1.165) is 13.1 Å². The van der Waals surface area contributed by atoms with Gasteiger partial charge in [-0.15, -0.1) is 0 Å². The number of alkyl carbamates (subject to hydrolysis) is 1. The Bertz CT molecular complexity index is 339. The second kappa shape index (κ2) is 8.73. The maximum absolute atomic E-state index is 12.0.